The van der Waals surface area contributed by atoms with Crippen molar-refractivity contribution in [1.29, 1.82) is 0 Å². The summed E-state index contributed by atoms with van der Waals surface area (Å²) in [6.07, 6.45) is 8.64. The monoisotopic (exact) mass is 230 g/mol. The molecule has 0 saturated carbocycles. The van der Waals surface area contributed by atoms with Crippen molar-refractivity contribution < 1.29 is 4.57 Å². The molecule has 1 aromatic carbocycles. The lowest BCUT2D eigenvalue weighted by atomic mass is 10.2. The molecule has 2 N–H and O–H groups in total. The summed E-state index contributed by atoms with van der Waals surface area (Å²) in [5, 5.41) is 0. The van der Waals surface area contributed by atoms with Crippen molar-refractivity contribution in [3.63, 3.8) is 0 Å². The van der Waals surface area contributed by atoms with Gasteiger partial charge in [0.25, 0.3) is 0 Å². The van der Waals surface area contributed by atoms with Gasteiger partial charge >= 0.3 is 0 Å². The summed E-state index contributed by atoms with van der Waals surface area (Å²) in [5.41, 5.74) is 6.82. The van der Waals surface area contributed by atoms with Crippen LogP contribution in [0.2, 0.25) is 0 Å². The van der Waals surface area contributed by atoms with Gasteiger partial charge in [0.1, 0.15) is 18.9 Å². The van der Waals surface area contributed by atoms with Crippen LogP contribution in [0.25, 0.3) is 0 Å². The Balaban J connectivity index is 1.90. The normalized spacial score (nSPS) is 10.6. The molecule has 2 rings (SSSR count). The number of benzene rings is 1. The largest absolute Gasteiger partial charge is 0.330 e. The Morgan fingerprint density at radius 3 is 2.71 bits per heavy atom. The van der Waals surface area contributed by atoms with E-state index in [1.807, 2.05) is 6.07 Å². The maximum atomic E-state index is 5.49. The van der Waals surface area contributed by atoms with Gasteiger partial charge in [0.05, 0.1) is 6.54 Å². The molecule has 3 heteroatoms. The van der Waals surface area contributed by atoms with Crippen LogP contribution in [-0.2, 0) is 13.1 Å². The van der Waals surface area contributed by atoms with E-state index in [2.05, 4.69) is 52.1 Å². The Morgan fingerprint density at radius 2 is 1.94 bits per heavy atom. The van der Waals surface area contributed by atoms with E-state index in [1.54, 1.807) is 0 Å². The molecule has 0 spiro atoms. The summed E-state index contributed by atoms with van der Waals surface area (Å²) in [6, 6.07) is 10.5. The minimum absolute atomic E-state index is 0.783. The van der Waals surface area contributed by atoms with Gasteiger partial charge in [-0.3, -0.25) is 0 Å². The first-order valence-corrected chi connectivity index (χ1v) is 6.17. The Labute approximate surface area is 103 Å². The van der Waals surface area contributed by atoms with Gasteiger partial charge in [-0.1, -0.05) is 30.3 Å². The third-order valence-corrected chi connectivity index (χ3v) is 2.82. The first kappa shape index (κ1) is 11.9. The fraction of sp³-hybridized carbons (Fsp3) is 0.357. The first-order valence-electron chi connectivity index (χ1n) is 6.17. The zero-order chi connectivity index (χ0) is 11.9. The molecule has 0 fully saturated rings. The highest BCUT2D eigenvalue weighted by Crippen LogP contribution is 1.98. The topological polar surface area (TPSA) is 34.8 Å². The highest BCUT2D eigenvalue weighted by molar-refractivity contribution is 5.13. The molecule has 0 amide bonds. The van der Waals surface area contributed by atoms with Gasteiger partial charge in [-0.15, -0.1) is 0 Å². The van der Waals surface area contributed by atoms with Crippen LogP contribution in [0.15, 0.2) is 49.1 Å². The van der Waals surface area contributed by atoms with Crippen molar-refractivity contribution in [2.45, 2.75) is 25.9 Å². The van der Waals surface area contributed by atoms with Crippen LogP contribution in [0.3, 0.4) is 0 Å². The molecule has 1 aromatic heterocycles. The molecule has 0 saturated heterocycles. The zero-order valence-electron chi connectivity index (χ0n) is 10.1. The molecule has 0 atom stereocenters. The highest BCUT2D eigenvalue weighted by Gasteiger charge is 2.03. The quantitative estimate of drug-likeness (QED) is 0.593. The second-order valence-corrected chi connectivity index (χ2v) is 4.31. The molecule has 0 aliphatic rings. The standard InChI is InChI=1S/C14H20N3/c15-8-4-5-9-16-10-11-17(13-16)12-14-6-2-1-3-7-14/h1-3,6-7,10-11,13H,4-5,8-9,12,15H2/q+1. The highest BCUT2D eigenvalue weighted by atomic mass is 15.1. The van der Waals surface area contributed by atoms with Gasteiger partial charge in [0.2, 0.25) is 6.33 Å². The van der Waals surface area contributed by atoms with Crippen LogP contribution in [0, 0.1) is 0 Å². The average Bonchev–Trinajstić information content (AvgIpc) is 2.79. The fourth-order valence-electron chi connectivity index (χ4n) is 1.90. The lowest BCUT2D eigenvalue weighted by Gasteiger charge is -1.97. The maximum Gasteiger partial charge on any atom is 0.244 e. The Morgan fingerprint density at radius 1 is 1.12 bits per heavy atom. The predicted molar refractivity (Wildman–Crippen MR) is 68.5 cm³/mol. The van der Waals surface area contributed by atoms with E-state index < -0.39 is 0 Å². The Bertz CT molecular complexity index is 434. The Kier molecular flexibility index (Phi) is 4.33. The third kappa shape index (κ3) is 3.71. The minimum atomic E-state index is 0.783. The second-order valence-electron chi connectivity index (χ2n) is 4.31. The van der Waals surface area contributed by atoms with Crippen LogP contribution < -0.4 is 10.3 Å². The van der Waals surface area contributed by atoms with Gasteiger partial charge in [-0.2, -0.15) is 0 Å². The van der Waals surface area contributed by atoms with Crippen LogP contribution >= 0.6 is 0 Å². The maximum absolute atomic E-state index is 5.49. The number of nitrogens with two attached hydrogens (primary N) is 1. The SMILES string of the molecule is NCCCCn1cc[n+](Cc2ccccc2)c1. The molecule has 0 aliphatic heterocycles. The van der Waals surface area contributed by atoms with Crippen molar-refractivity contribution >= 4 is 0 Å². The van der Waals surface area contributed by atoms with Crippen molar-refractivity contribution in [3.05, 3.63) is 54.6 Å². The molecular weight excluding hydrogens is 210 g/mol. The van der Waals surface area contributed by atoms with Crippen molar-refractivity contribution in [3.8, 4) is 0 Å². The van der Waals surface area contributed by atoms with Crippen molar-refractivity contribution in [2.24, 2.45) is 5.73 Å². The molecule has 0 bridgehead atoms. The van der Waals surface area contributed by atoms with E-state index in [1.165, 1.54) is 5.56 Å². The van der Waals surface area contributed by atoms with Crippen LogP contribution in [0.1, 0.15) is 18.4 Å². The van der Waals surface area contributed by atoms with Gasteiger partial charge in [-0.05, 0) is 24.9 Å². The minimum Gasteiger partial charge on any atom is -0.330 e. The number of imidazole rings is 1. The average molecular weight is 230 g/mol. The Hall–Kier alpha value is -1.61. The molecular formula is C14H20N3+. The van der Waals surface area contributed by atoms with Gasteiger partial charge in [-0.25, -0.2) is 9.13 Å². The molecule has 0 aliphatic carbocycles. The third-order valence-electron chi connectivity index (χ3n) is 2.82. The van der Waals surface area contributed by atoms with E-state index in [0.717, 1.165) is 32.5 Å². The van der Waals surface area contributed by atoms with E-state index in [-0.39, 0.29) is 0 Å². The molecule has 0 unspecified atom stereocenters. The lowest BCUT2D eigenvalue weighted by Crippen LogP contribution is -2.31. The molecule has 0 radical (unpaired) electrons. The van der Waals surface area contributed by atoms with Gasteiger partial charge in [0.15, 0.2) is 0 Å². The van der Waals surface area contributed by atoms with Gasteiger partial charge < -0.3 is 5.73 Å². The zero-order valence-corrected chi connectivity index (χ0v) is 10.1. The number of aryl methyl sites for hydroxylation is 1. The molecule has 1 heterocycles. The van der Waals surface area contributed by atoms with E-state index in [4.69, 9.17) is 5.73 Å². The van der Waals surface area contributed by atoms with E-state index in [9.17, 15) is 0 Å². The summed E-state index contributed by atoms with van der Waals surface area (Å²) in [7, 11) is 0. The number of aromatic nitrogens is 2. The summed E-state index contributed by atoms with van der Waals surface area (Å²) >= 11 is 0. The number of rotatable bonds is 6. The first-order chi connectivity index (χ1) is 8.38. The van der Waals surface area contributed by atoms with E-state index in [0.29, 0.717) is 0 Å². The molecule has 17 heavy (non-hydrogen) atoms. The predicted octanol–water partition coefficient (Wildman–Crippen LogP) is 1.56. The van der Waals surface area contributed by atoms with Crippen LogP contribution in [-0.4, -0.2) is 11.1 Å². The van der Waals surface area contributed by atoms with Crippen molar-refractivity contribution in [1.82, 2.24) is 4.57 Å². The van der Waals surface area contributed by atoms with Crippen molar-refractivity contribution in [2.75, 3.05) is 6.54 Å². The number of nitrogens with zero attached hydrogens (tertiary/aromatic N) is 2. The van der Waals surface area contributed by atoms with Gasteiger partial charge in [0, 0.05) is 0 Å². The molecule has 3 nitrogen and oxygen atoms in total. The molecule has 90 valence electrons. The summed E-state index contributed by atoms with van der Waals surface area (Å²) in [6.45, 7) is 2.77. The fourth-order valence-corrected chi connectivity index (χ4v) is 1.90. The summed E-state index contributed by atoms with van der Waals surface area (Å²) in [4.78, 5) is 0. The number of hydrogen-bond acceptors (Lipinski definition) is 1. The van der Waals surface area contributed by atoms with Crippen LogP contribution in [0.5, 0.6) is 0 Å². The number of hydrogen-bond donors (Lipinski definition) is 1. The smallest absolute Gasteiger partial charge is 0.244 e. The molecule has 2 aromatic rings. The van der Waals surface area contributed by atoms with Crippen LogP contribution in [0.4, 0.5) is 0 Å². The summed E-state index contributed by atoms with van der Waals surface area (Å²) in [5.74, 6) is 0. The number of unbranched alkanes of at least 4 members (excludes halogenated alkanes) is 1. The second kappa shape index (κ2) is 6.21. The lowest BCUT2D eigenvalue weighted by molar-refractivity contribution is -0.687. The summed E-state index contributed by atoms with van der Waals surface area (Å²) < 4.78 is 4.43. The van der Waals surface area contributed by atoms with E-state index >= 15 is 0 Å².